The number of hydrogen-bond acceptors (Lipinski definition) is 4. The van der Waals surface area contributed by atoms with E-state index in [9.17, 15) is 9.59 Å². The number of allylic oxidation sites excluding steroid dienone is 2. The highest BCUT2D eigenvalue weighted by Gasteiger charge is 2.31. The normalized spacial score (nSPS) is 18.4. The molecule has 0 aromatic heterocycles. The van der Waals surface area contributed by atoms with E-state index in [4.69, 9.17) is 11.6 Å². The quantitative estimate of drug-likeness (QED) is 0.651. The molecule has 1 heterocycles. The summed E-state index contributed by atoms with van der Waals surface area (Å²) in [6.07, 6.45) is 3.69. The molecule has 1 atom stereocenters. The Morgan fingerprint density at radius 2 is 1.79 bits per heavy atom. The van der Waals surface area contributed by atoms with Crippen LogP contribution in [0.2, 0.25) is 0 Å². The van der Waals surface area contributed by atoms with Gasteiger partial charge in [-0.1, -0.05) is 45.1 Å². The molecule has 5 nitrogen and oxygen atoms in total. The molecular formula is C18H21ClN2O3. The maximum Gasteiger partial charge on any atom is 0.337 e. The number of ether oxygens (including phenoxy) is 1. The van der Waals surface area contributed by atoms with E-state index in [1.54, 1.807) is 24.3 Å². The van der Waals surface area contributed by atoms with Gasteiger partial charge in [0.25, 0.3) is 5.91 Å². The van der Waals surface area contributed by atoms with Crippen molar-refractivity contribution in [3.05, 3.63) is 52.7 Å². The van der Waals surface area contributed by atoms with Gasteiger partial charge in [-0.25, -0.2) is 4.79 Å². The standard InChI is InChI=1S/C18H21ClN2O3/c1-18(2,3)15-13(14(19)16(22)21-20-15)10-7-11-5-8-12(9-6-11)17(23)24-4/h5-10,14,20H,1-4H3,(H,21,22)/b10-7+. The van der Waals surface area contributed by atoms with Crippen LogP contribution in [-0.2, 0) is 9.53 Å². The lowest BCUT2D eigenvalue weighted by atomic mass is 9.86. The first-order valence-corrected chi connectivity index (χ1v) is 7.98. The molecule has 1 aromatic rings. The molecule has 1 aromatic carbocycles. The van der Waals surface area contributed by atoms with Gasteiger partial charge >= 0.3 is 5.97 Å². The molecule has 0 aliphatic carbocycles. The monoisotopic (exact) mass is 348 g/mol. The number of nitrogens with one attached hydrogen (secondary N) is 2. The average molecular weight is 349 g/mol. The van der Waals surface area contributed by atoms with Crippen LogP contribution >= 0.6 is 11.6 Å². The van der Waals surface area contributed by atoms with Gasteiger partial charge in [0.15, 0.2) is 0 Å². The number of halogens is 1. The van der Waals surface area contributed by atoms with E-state index in [0.29, 0.717) is 5.56 Å². The second-order valence-corrected chi connectivity index (χ2v) is 6.94. The van der Waals surface area contributed by atoms with Crippen molar-refractivity contribution in [2.24, 2.45) is 5.41 Å². The molecule has 128 valence electrons. The summed E-state index contributed by atoms with van der Waals surface area (Å²) in [5.41, 5.74) is 8.28. The van der Waals surface area contributed by atoms with Crippen LogP contribution < -0.4 is 10.9 Å². The van der Waals surface area contributed by atoms with Crippen molar-refractivity contribution in [1.82, 2.24) is 10.9 Å². The van der Waals surface area contributed by atoms with Crippen molar-refractivity contribution in [3.8, 4) is 0 Å². The molecule has 24 heavy (non-hydrogen) atoms. The first kappa shape index (κ1) is 18.1. The highest BCUT2D eigenvalue weighted by Crippen LogP contribution is 2.31. The van der Waals surface area contributed by atoms with Crippen molar-refractivity contribution < 1.29 is 14.3 Å². The number of rotatable bonds is 3. The van der Waals surface area contributed by atoms with Crippen molar-refractivity contribution in [3.63, 3.8) is 0 Å². The number of hydrogen-bond donors (Lipinski definition) is 2. The summed E-state index contributed by atoms with van der Waals surface area (Å²) in [4.78, 5) is 23.3. The van der Waals surface area contributed by atoms with E-state index >= 15 is 0 Å². The summed E-state index contributed by atoms with van der Waals surface area (Å²) >= 11 is 6.26. The van der Waals surface area contributed by atoms with Crippen LogP contribution in [0, 0.1) is 5.41 Å². The van der Waals surface area contributed by atoms with Crippen molar-refractivity contribution in [1.29, 1.82) is 0 Å². The van der Waals surface area contributed by atoms with Gasteiger partial charge in [-0.3, -0.25) is 10.2 Å². The summed E-state index contributed by atoms with van der Waals surface area (Å²) < 4.78 is 4.67. The number of carbonyl (C=O) groups is 2. The van der Waals surface area contributed by atoms with Crippen LogP contribution in [0.3, 0.4) is 0 Å². The molecule has 0 radical (unpaired) electrons. The van der Waals surface area contributed by atoms with Gasteiger partial charge in [0, 0.05) is 16.7 Å². The summed E-state index contributed by atoms with van der Waals surface area (Å²) in [5, 5.41) is -0.758. The Labute approximate surface area is 146 Å². The molecule has 0 spiro atoms. The van der Waals surface area contributed by atoms with Crippen molar-refractivity contribution in [2.75, 3.05) is 7.11 Å². The van der Waals surface area contributed by atoms with Gasteiger partial charge in [-0.05, 0) is 17.7 Å². The Bertz CT molecular complexity index is 700. The molecule has 2 rings (SSSR count). The highest BCUT2D eigenvalue weighted by molar-refractivity contribution is 6.33. The van der Waals surface area contributed by atoms with Gasteiger partial charge < -0.3 is 10.2 Å². The van der Waals surface area contributed by atoms with Gasteiger partial charge in [-0.15, -0.1) is 11.6 Å². The molecule has 0 fully saturated rings. The Morgan fingerprint density at radius 1 is 1.17 bits per heavy atom. The Balaban J connectivity index is 2.31. The predicted molar refractivity (Wildman–Crippen MR) is 94.2 cm³/mol. The number of hydrazine groups is 1. The minimum absolute atomic E-state index is 0.199. The van der Waals surface area contributed by atoms with Crippen LogP contribution in [-0.4, -0.2) is 24.4 Å². The minimum atomic E-state index is -0.758. The van der Waals surface area contributed by atoms with E-state index < -0.39 is 5.38 Å². The van der Waals surface area contributed by atoms with Crippen LogP contribution in [0.1, 0.15) is 36.7 Å². The Hall–Kier alpha value is -2.27. The van der Waals surface area contributed by atoms with E-state index in [1.807, 2.05) is 32.9 Å². The molecule has 6 heteroatoms. The number of carbonyl (C=O) groups excluding carboxylic acids is 2. The predicted octanol–water partition coefficient (Wildman–Crippen LogP) is 3.03. The third-order valence-corrected chi connectivity index (χ3v) is 4.07. The second kappa shape index (κ2) is 7.09. The number of methoxy groups -OCH3 is 1. The third-order valence-electron chi connectivity index (χ3n) is 3.64. The zero-order valence-electron chi connectivity index (χ0n) is 14.1. The largest absolute Gasteiger partial charge is 0.465 e. The number of alkyl halides is 1. The van der Waals surface area contributed by atoms with Crippen molar-refractivity contribution in [2.45, 2.75) is 26.1 Å². The SMILES string of the molecule is COC(=O)c1ccc(/C=C/C2=C(C(C)(C)C)NNC(=O)C2Cl)cc1. The summed E-state index contributed by atoms with van der Waals surface area (Å²) in [7, 11) is 1.35. The zero-order chi connectivity index (χ0) is 17.9. The fourth-order valence-corrected chi connectivity index (χ4v) is 2.59. The van der Waals surface area contributed by atoms with E-state index in [1.165, 1.54) is 7.11 Å². The topological polar surface area (TPSA) is 67.4 Å². The molecule has 1 unspecified atom stereocenters. The first-order valence-electron chi connectivity index (χ1n) is 7.55. The first-order chi connectivity index (χ1) is 11.2. The van der Waals surface area contributed by atoms with E-state index in [0.717, 1.165) is 16.8 Å². The van der Waals surface area contributed by atoms with Crippen molar-refractivity contribution >= 4 is 29.6 Å². The maximum absolute atomic E-state index is 11.8. The third kappa shape index (κ3) is 3.97. The number of benzene rings is 1. The molecular weight excluding hydrogens is 328 g/mol. The Kier molecular flexibility index (Phi) is 5.34. The van der Waals surface area contributed by atoms with Crippen LogP contribution in [0.15, 0.2) is 41.6 Å². The molecule has 0 saturated heterocycles. The summed E-state index contributed by atoms with van der Waals surface area (Å²) in [6.45, 7) is 6.11. The smallest absolute Gasteiger partial charge is 0.337 e. The lowest BCUT2D eigenvalue weighted by Gasteiger charge is -2.32. The maximum atomic E-state index is 11.8. The van der Waals surface area contributed by atoms with Crippen LogP contribution in [0.5, 0.6) is 0 Å². The minimum Gasteiger partial charge on any atom is -0.465 e. The van der Waals surface area contributed by atoms with Gasteiger partial charge in [0.05, 0.1) is 12.7 Å². The molecule has 2 N–H and O–H groups in total. The highest BCUT2D eigenvalue weighted by atomic mass is 35.5. The average Bonchev–Trinajstić information content (AvgIpc) is 2.54. The number of amides is 1. The summed E-state index contributed by atoms with van der Waals surface area (Å²) in [6, 6.07) is 6.99. The molecule has 1 aliphatic rings. The fourth-order valence-electron chi connectivity index (χ4n) is 2.35. The molecule has 1 amide bonds. The molecule has 0 saturated carbocycles. The van der Waals surface area contributed by atoms with Gasteiger partial charge in [-0.2, -0.15) is 0 Å². The lowest BCUT2D eigenvalue weighted by Crippen LogP contribution is -2.50. The molecule has 0 bridgehead atoms. The van der Waals surface area contributed by atoms with E-state index in [-0.39, 0.29) is 17.3 Å². The second-order valence-electron chi connectivity index (χ2n) is 6.50. The Morgan fingerprint density at radius 3 is 2.33 bits per heavy atom. The number of esters is 1. The fraction of sp³-hybridized carbons (Fsp3) is 0.333. The summed E-state index contributed by atoms with van der Waals surface area (Å²) in [5.74, 6) is -0.664. The van der Waals surface area contributed by atoms with Crippen LogP contribution in [0.4, 0.5) is 0 Å². The molecule has 1 aliphatic heterocycles. The van der Waals surface area contributed by atoms with Gasteiger partial charge in [0.1, 0.15) is 5.38 Å². The van der Waals surface area contributed by atoms with Gasteiger partial charge in [0.2, 0.25) is 0 Å². The lowest BCUT2D eigenvalue weighted by molar-refractivity contribution is -0.121. The van der Waals surface area contributed by atoms with Crippen LogP contribution in [0.25, 0.3) is 6.08 Å². The van der Waals surface area contributed by atoms with E-state index in [2.05, 4.69) is 15.6 Å². The zero-order valence-corrected chi connectivity index (χ0v) is 14.9.